The lowest BCUT2D eigenvalue weighted by atomic mass is 10.0. The third-order valence-corrected chi connectivity index (χ3v) is 3.28. The van der Waals surface area contributed by atoms with Crippen LogP contribution in [0.1, 0.15) is 38.3 Å². The van der Waals surface area contributed by atoms with E-state index < -0.39 is 11.9 Å². The summed E-state index contributed by atoms with van der Waals surface area (Å²) in [6.45, 7) is 3.72. The topological polar surface area (TPSA) is 89.4 Å². The zero-order chi connectivity index (χ0) is 15.1. The fraction of sp³-hybridized carbons (Fsp3) is 0.467. The molecular formula is C15H24ClN3O2. The highest BCUT2D eigenvalue weighted by molar-refractivity contribution is 5.87. The lowest BCUT2D eigenvalue weighted by Gasteiger charge is -2.30. The van der Waals surface area contributed by atoms with E-state index in [-0.39, 0.29) is 30.9 Å². The second-order valence-corrected chi connectivity index (χ2v) is 4.91. The van der Waals surface area contributed by atoms with E-state index in [9.17, 15) is 9.59 Å². The van der Waals surface area contributed by atoms with Crippen molar-refractivity contribution in [2.45, 2.75) is 38.8 Å². The minimum absolute atomic E-state index is 0. The Hall–Kier alpha value is -1.59. The number of halogens is 1. The first kappa shape index (κ1) is 19.4. The van der Waals surface area contributed by atoms with Crippen LogP contribution in [0.5, 0.6) is 0 Å². The summed E-state index contributed by atoms with van der Waals surface area (Å²) in [5.74, 6) is -0.771. The standard InChI is InChI=1S/C15H23N3O2.ClH/c1-3-7-13(16)15(20)18(10-14(17)19)11(2)12-8-5-4-6-9-12;/h4-6,8-9,11,13H,3,7,10,16H2,1-2H3,(H2,17,19);1H/t11-,13?;/m1./s1. The molecule has 4 N–H and O–H groups in total. The largest absolute Gasteiger partial charge is 0.368 e. The summed E-state index contributed by atoms with van der Waals surface area (Å²) in [4.78, 5) is 25.1. The van der Waals surface area contributed by atoms with Gasteiger partial charge in [-0.15, -0.1) is 12.4 Å². The minimum Gasteiger partial charge on any atom is -0.368 e. The Morgan fingerprint density at radius 2 is 1.81 bits per heavy atom. The van der Waals surface area contributed by atoms with Crippen LogP contribution < -0.4 is 11.5 Å². The maximum absolute atomic E-state index is 12.4. The van der Waals surface area contributed by atoms with Gasteiger partial charge in [0.15, 0.2) is 0 Å². The molecule has 21 heavy (non-hydrogen) atoms. The molecule has 2 atom stereocenters. The number of nitrogens with two attached hydrogens (primary N) is 2. The van der Waals surface area contributed by atoms with Crippen molar-refractivity contribution in [3.05, 3.63) is 35.9 Å². The van der Waals surface area contributed by atoms with Gasteiger partial charge in [0.1, 0.15) is 0 Å². The number of rotatable bonds is 7. The van der Waals surface area contributed by atoms with Gasteiger partial charge in [-0.3, -0.25) is 9.59 Å². The molecule has 6 heteroatoms. The Labute approximate surface area is 132 Å². The summed E-state index contributed by atoms with van der Waals surface area (Å²) < 4.78 is 0. The second kappa shape index (κ2) is 9.37. The molecule has 1 aromatic carbocycles. The first-order chi connectivity index (χ1) is 9.47. The molecule has 118 valence electrons. The number of benzene rings is 1. The van der Waals surface area contributed by atoms with Crippen LogP contribution in [0.15, 0.2) is 30.3 Å². The first-order valence-electron chi connectivity index (χ1n) is 6.86. The van der Waals surface area contributed by atoms with Crippen LogP contribution in [0, 0.1) is 0 Å². The van der Waals surface area contributed by atoms with Gasteiger partial charge in [-0.25, -0.2) is 0 Å². The van der Waals surface area contributed by atoms with Crippen LogP contribution in [0.3, 0.4) is 0 Å². The molecule has 0 aliphatic heterocycles. The first-order valence-corrected chi connectivity index (χ1v) is 6.86. The summed E-state index contributed by atoms with van der Waals surface area (Å²) in [5.41, 5.74) is 12.1. The Morgan fingerprint density at radius 3 is 2.29 bits per heavy atom. The Morgan fingerprint density at radius 1 is 1.24 bits per heavy atom. The van der Waals surface area contributed by atoms with Crippen LogP contribution >= 0.6 is 12.4 Å². The van der Waals surface area contributed by atoms with Crippen molar-refractivity contribution >= 4 is 24.2 Å². The molecule has 0 radical (unpaired) electrons. The second-order valence-electron chi connectivity index (χ2n) is 4.91. The van der Waals surface area contributed by atoms with Gasteiger partial charge >= 0.3 is 0 Å². The van der Waals surface area contributed by atoms with Crippen LogP contribution in [0.25, 0.3) is 0 Å². The van der Waals surface area contributed by atoms with Gasteiger partial charge in [-0.2, -0.15) is 0 Å². The van der Waals surface area contributed by atoms with E-state index in [1.165, 1.54) is 4.90 Å². The zero-order valence-corrected chi connectivity index (χ0v) is 13.3. The highest BCUT2D eigenvalue weighted by Crippen LogP contribution is 2.20. The van der Waals surface area contributed by atoms with Crippen molar-refractivity contribution < 1.29 is 9.59 Å². The van der Waals surface area contributed by atoms with Gasteiger partial charge in [-0.05, 0) is 18.9 Å². The molecule has 1 aromatic rings. The molecule has 0 spiro atoms. The molecule has 0 saturated carbocycles. The van der Waals surface area contributed by atoms with E-state index >= 15 is 0 Å². The summed E-state index contributed by atoms with van der Waals surface area (Å²) in [7, 11) is 0. The molecule has 0 fully saturated rings. The monoisotopic (exact) mass is 313 g/mol. The third-order valence-electron chi connectivity index (χ3n) is 3.28. The van der Waals surface area contributed by atoms with Gasteiger partial charge in [0.2, 0.25) is 11.8 Å². The summed E-state index contributed by atoms with van der Waals surface area (Å²) in [6.07, 6.45) is 1.41. The Bertz CT molecular complexity index is 453. The van der Waals surface area contributed by atoms with E-state index in [4.69, 9.17) is 11.5 Å². The number of primary amides is 1. The fourth-order valence-electron chi connectivity index (χ4n) is 2.13. The van der Waals surface area contributed by atoms with Crippen LogP contribution in [0.4, 0.5) is 0 Å². The van der Waals surface area contributed by atoms with Crippen LogP contribution in [0.2, 0.25) is 0 Å². The van der Waals surface area contributed by atoms with Crippen molar-refractivity contribution in [1.82, 2.24) is 4.90 Å². The lowest BCUT2D eigenvalue weighted by molar-refractivity contribution is -0.138. The van der Waals surface area contributed by atoms with Crippen molar-refractivity contribution in [2.24, 2.45) is 11.5 Å². The normalized spacial score (nSPS) is 12.9. The molecule has 5 nitrogen and oxygen atoms in total. The molecule has 0 aliphatic rings. The number of carbonyl (C=O) groups is 2. The van der Waals surface area contributed by atoms with E-state index in [0.29, 0.717) is 6.42 Å². The number of amides is 2. The van der Waals surface area contributed by atoms with Crippen molar-refractivity contribution in [3.63, 3.8) is 0 Å². The molecule has 1 rings (SSSR count). The number of hydrogen-bond donors (Lipinski definition) is 2. The van der Waals surface area contributed by atoms with E-state index in [2.05, 4.69) is 0 Å². The predicted molar refractivity (Wildman–Crippen MR) is 85.9 cm³/mol. The lowest BCUT2D eigenvalue weighted by Crippen LogP contribution is -2.48. The molecule has 0 heterocycles. The van der Waals surface area contributed by atoms with E-state index in [1.54, 1.807) is 0 Å². The van der Waals surface area contributed by atoms with Gasteiger partial charge in [-0.1, -0.05) is 43.7 Å². The maximum atomic E-state index is 12.4. The number of nitrogens with zero attached hydrogens (tertiary/aromatic N) is 1. The van der Waals surface area contributed by atoms with E-state index in [0.717, 1.165) is 12.0 Å². The molecule has 0 aromatic heterocycles. The molecule has 0 saturated heterocycles. The molecule has 2 amide bonds. The van der Waals surface area contributed by atoms with Crippen LogP contribution in [-0.4, -0.2) is 29.3 Å². The van der Waals surface area contributed by atoms with Crippen molar-refractivity contribution in [1.29, 1.82) is 0 Å². The number of carbonyl (C=O) groups excluding carboxylic acids is 2. The van der Waals surface area contributed by atoms with Gasteiger partial charge in [0, 0.05) is 0 Å². The van der Waals surface area contributed by atoms with Gasteiger partial charge < -0.3 is 16.4 Å². The average molecular weight is 314 g/mol. The number of hydrogen-bond acceptors (Lipinski definition) is 3. The smallest absolute Gasteiger partial charge is 0.240 e. The van der Waals surface area contributed by atoms with E-state index in [1.807, 2.05) is 44.2 Å². The SMILES string of the molecule is CCCC(N)C(=O)N(CC(N)=O)[C@H](C)c1ccccc1.Cl. The highest BCUT2D eigenvalue weighted by Gasteiger charge is 2.26. The van der Waals surface area contributed by atoms with Crippen LogP contribution in [-0.2, 0) is 9.59 Å². The summed E-state index contributed by atoms with van der Waals surface area (Å²) in [6, 6.07) is 8.69. The zero-order valence-electron chi connectivity index (χ0n) is 12.5. The fourth-order valence-corrected chi connectivity index (χ4v) is 2.13. The molecular weight excluding hydrogens is 290 g/mol. The third kappa shape index (κ3) is 5.73. The highest BCUT2D eigenvalue weighted by atomic mass is 35.5. The van der Waals surface area contributed by atoms with Gasteiger partial charge in [0.25, 0.3) is 0 Å². The Kier molecular flexibility index (Phi) is 8.66. The molecule has 0 bridgehead atoms. The minimum atomic E-state index is -0.592. The molecule has 0 aliphatic carbocycles. The summed E-state index contributed by atoms with van der Waals surface area (Å²) in [5, 5.41) is 0. The maximum Gasteiger partial charge on any atom is 0.240 e. The quantitative estimate of drug-likeness (QED) is 0.801. The molecule has 1 unspecified atom stereocenters. The van der Waals surface area contributed by atoms with Crippen molar-refractivity contribution in [2.75, 3.05) is 6.54 Å². The summed E-state index contributed by atoms with van der Waals surface area (Å²) >= 11 is 0. The Balaban J connectivity index is 0.00000400. The van der Waals surface area contributed by atoms with Crippen molar-refractivity contribution in [3.8, 4) is 0 Å². The van der Waals surface area contributed by atoms with Gasteiger partial charge in [0.05, 0.1) is 18.6 Å². The average Bonchev–Trinajstić information content (AvgIpc) is 2.44. The predicted octanol–water partition coefficient (Wildman–Crippen LogP) is 1.61.